The maximum Gasteiger partial charge on any atom is -0.00891 e. The third kappa shape index (κ3) is 3.25. The van der Waals surface area contributed by atoms with Gasteiger partial charge < -0.3 is 0 Å². The molecule has 0 aliphatic rings. The molecule has 0 saturated carbocycles. The van der Waals surface area contributed by atoms with E-state index in [4.69, 9.17) is 0 Å². The van der Waals surface area contributed by atoms with Crippen LogP contribution < -0.4 is 0 Å². The highest BCUT2D eigenvalue weighted by Gasteiger charge is 2.19. The molecule has 0 aliphatic carbocycles. The summed E-state index contributed by atoms with van der Waals surface area (Å²) in [5.74, 6) is 0. The Labute approximate surface area is 77.4 Å². The third-order valence-corrected chi connectivity index (χ3v) is 2.69. The van der Waals surface area contributed by atoms with E-state index in [1.54, 1.807) is 0 Å². The zero-order valence-corrected chi connectivity index (χ0v) is 8.93. The molecule has 0 saturated heterocycles. The van der Waals surface area contributed by atoms with Crippen LogP contribution in [0, 0.1) is 5.41 Å². The highest BCUT2D eigenvalue weighted by atomic mass is 14.2. The maximum atomic E-state index is 2.35. The van der Waals surface area contributed by atoms with Crippen LogP contribution in [0.1, 0.15) is 47.0 Å². The van der Waals surface area contributed by atoms with Gasteiger partial charge in [0.1, 0.15) is 0 Å². The first-order chi connectivity index (χ1) is 5.74. The predicted octanol–water partition coefficient (Wildman–Crippen LogP) is 4.34. The van der Waals surface area contributed by atoms with Gasteiger partial charge in [-0.25, -0.2) is 0 Å². The summed E-state index contributed by atoms with van der Waals surface area (Å²) in [6, 6.07) is 0. The van der Waals surface area contributed by atoms with Crippen LogP contribution in [0.15, 0.2) is 24.3 Å². The Hall–Kier alpha value is -0.520. The minimum atomic E-state index is 0.418. The van der Waals surface area contributed by atoms with Crippen LogP contribution in [0.5, 0.6) is 0 Å². The summed E-state index contributed by atoms with van der Waals surface area (Å²) in [5, 5.41) is 0. The van der Waals surface area contributed by atoms with Crippen LogP contribution in [-0.4, -0.2) is 0 Å². The molecule has 0 spiro atoms. The predicted molar refractivity (Wildman–Crippen MR) is 57.3 cm³/mol. The molecule has 0 heterocycles. The van der Waals surface area contributed by atoms with Crippen LogP contribution >= 0.6 is 0 Å². The Balaban J connectivity index is 4.34. The van der Waals surface area contributed by atoms with E-state index in [-0.39, 0.29) is 0 Å². The van der Waals surface area contributed by atoms with Gasteiger partial charge in [0.2, 0.25) is 0 Å². The molecular formula is C12H22. The molecule has 0 aromatic carbocycles. The largest absolute Gasteiger partial charge is 0.0916 e. The van der Waals surface area contributed by atoms with Gasteiger partial charge in [-0.15, -0.1) is 0 Å². The van der Waals surface area contributed by atoms with Gasteiger partial charge in [-0.1, -0.05) is 38.2 Å². The molecule has 0 rings (SSSR count). The van der Waals surface area contributed by atoms with Crippen LogP contribution in [0.4, 0.5) is 0 Å². The van der Waals surface area contributed by atoms with E-state index in [0.717, 1.165) is 0 Å². The van der Waals surface area contributed by atoms with Crippen molar-refractivity contribution in [2.24, 2.45) is 5.41 Å². The van der Waals surface area contributed by atoms with Crippen LogP contribution in [0.25, 0.3) is 0 Å². The molecule has 0 unspecified atom stereocenters. The molecule has 0 bridgehead atoms. The quantitative estimate of drug-likeness (QED) is 0.533. The first-order valence-corrected chi connectivity index (χ1v) is 4.99. The van der Waals surface area contributed by atoms with Crippen LogP contribution in [-0.2, 0) is 0 Å². The average molecular weight is 166 g/mol. The summed E-state index contributed by atoms with van der Waals surface area (Å²) in [7, 11) is 0. The lowest BCUT2D eigenvalue weighted by Crippen LogP contribution is -2.14. The zero-order chi connectivity index (χ0) is 9.45. The summed E-state index contributed by atoms with van der Waals surface area (Å²) >= 11 is 0. The summed E-state index contributed by atoms with van der Waals surface area (Å²) < 4.78 is 0. The van der Waals surface area contributed by atoms with Crippen molar-refractivity contribution in [2.45, 2.75) is 47.0 Å². The summed E-state index contributed by atoms with van der Waals surface area (Å²) in [6.45, 7) is 8.74. The molecule has 0 aliphatic heterocycles. The highest BCUT2D eigenvalue weighted by Crippen LogP contribution is 2.32. The molecule has 0 amide bonds. The second-order valence-electron chi connectivity index (χ2n) is 3.34. The topological polar surface area (TPSA) is 0 Å². The van der Waals surface area contributed by atoms with E-state index in [2.05, 4.69) is 52.0 Å². The molecule has 0 fully saturated rings. The Morgan fingerprint density at radius 3 is 1.92 bits per heavy atom. The van der Waals surface area contributed by atoms with Gasteiger partial charge in [-0.3, -0.25) is 0 Å². The highest BCUT2D eigenvalue weighted by molar-refractivity contribution is 5.01. The first kappa shape index (κ1) is 11.5. The minimum absolute atomic E-state index is 0.418. The Kier molecular flexibility index (Phi) is 5.79. The SMILES string of the molecule is CC=CCC(C=CC)(CC)CC. The molecule has 0 aromatic rings. The Morgan fingerprint density at radius 2 is 1.58 bits per heavy atom. The Bertz CT molecular complexity index is 147. The monoisotopic (exact) mass is 166 g/mol. The zero-order valence-electron chi connectivity index (χ0n) is 8.93. The number of hydrogen-bond donors (Lipinski definition) is 0. The third-order valence-electron chi connectivity index (χ3n) is 2.69. The first-order valence-electron chi connectivity index (χ1n) is 4.99. The fourth-order valence-corrected chi connectivity index (χ4v) is 1.55. The van der Waals surface area contributed by atoms with E-state index in [1.807, 2.05) is 0 Å². The molecule has 0 atom stereocenters. The average Bonchev–Trinajstić information content (AvgIpc) is 2.13. The molecule has 0 heteroatoms. The lowest BCUT2D eigenvalue weighted by atomic mass is 9.79. The molecule has 70 valence electrons. The van der Waals surface area contributed by atoms with E-state index < -0.39 is 0 Å². The molecule has 0 nitrogen and oxygen atoms in total. The van der Waals surface area contributed by atoms with E-state index >= 15 is 0 Å². The molecule has 12 heavy (non-hydrogen) atoms. The fraction of sp³-hybridized carbons (Fsp3) is 0.667. The summed E-state index contributed by atoms with van der Waals surface area (Å²) in [5.41, 5.74) is 0.418. The Morgan fingerprint density at radius 1 is 1.00 bits per heavy atom. The minimum Gasteiger partial charge on any atom is -0.0916 e. The lowest BCUT2D eigenvalue weighted by molar-refractivity contribution is 0.357. The normalized spacial score (nSPS) is 13.3. The second-order valence-corrected chi connectivity index (χ2v) is 3.34. The fourth-order valence-electron chi connectivity index (χ4n) is 1.55. The maximum absolute atomic E-state index is 2.35. The van der Waals surface area contributed by atoms with Gasteiger partial charge in [-0.2, -0.15) is 0 Å². The molecule has 0 radical (unpaired) electrons. The van der Waals surface area contributed by atoms with Crippen LogP contribution in [0.3, 0.4) is 0 Å². The van der Waals surface area contributed by atoms with Gasteiger partial charge in [0, 0.05) is 0 Å². The van der Waals surface area contributed by atoms with Crippen molar-refractivity contribution >= 4 is 0 Å². The second kappa shape index (κ2) is 6.05. The van der Waals surface area contributed by atoms with Gasteiger partial charge in [0.25, 0.3) is 0 Å². The van der Waals surface area contributed by atoms with Crippen molar-refractivity contribution in [3.8, 4) is 0 Å². The van der Waals surface area contributed by atoms with E-state index in [0.29, 0.717) is 5.41 Å². The number of hydrogen-bond acceptors (Lipinski definition) is 0. The van der Waals surface area contributed by atoms with Crippen molar-refractivity contribution in [1.29, 1.82) is 0 Å². The van der Waals surface area contributed by atoms with Crippen molar-refractivity contribution in [2.75, 3.05) is 0 Å². The summed E-state index contributed by atoms with van der Waals surface area (Å²) in [6.07, 6.45) is 12.6. The molecule has 0 N–H and O–H groups in total. The standard InChI is InChI=1S/C12H22/c1-5-9-11-12(7-3,8-4)10-6-2/h5-6,9-10H,7-8,11H2,1-4H3. The van der Waals surface area contributed by atoms with E-state index in [1.165, 1.54) is 19.3 Å². The summed E-state index contributed by atoms with van der Waals surface area (Å²) in [4.78, 5) is 0. The lowest BCUT2D eigenvalue weighted by Gasteiger charge is -2.26. The van der Waals surface area contributed by atoms with Crippen molar-refractivity contribution in [3.05, 3.63) is 24.3 Å². The molecular weight excluding hydrogens is 144 g/mol. The molecule has 0 aromatic heterocycles. The van der Waals surface area contributed by atoms with Crippen molar-refractivity contribution in [1.82, 2.24) is 0 Å². The number of rotatable bonds is 5. The van der Waals surface area contributed by atoms with Crippen LogP contribution in [0.2, 0.25) is 0 Å². The van der Waals surface area contributed by atoms with Crippen molar-refractivity contribution < 1.29 is 0 Å². The van der Waals surface area contributed by atoms with Gasteiger partial charge in [-0.05, 0) is 38.5 Å². The van der Waals surface area contributed by atoms with Crippen molar-refractivity contribution in [3.63, 3.8) is 0 Å². The van der Waals surface area contributed by atoms with E-state index in [9.17, 15) is 0 Å². The smallest absolute Gasteiger partial charge is 0.00891 e. The van der Waals surface area contributed by atoms with Gasteiger partial charge in [0.05, 0.1) is 0 Å². The van der Waals surface area contributed by atoms with Gasteiger partial charge >= 0.3 is 0 Å². The number of allylic oxidation sites excluding steroid dienone is 4. The van der Waals surface area contributed by atoms with Gasteiger partial charge in [0.15, 0.2) is 0 Å².